The molecule has 1 fully saturated rings. The number of hydrogen-bond acceptors (Lipinski definition) is 4. The molecule has 0 radical (unpaired) electrons. The summed E-state index contributed by atoms with van der Waals surface area (Å²) in [6, 6.07) is 9.09. The molecular weight excluding hydrogens is 497 g/mol. The standard InChI is InChI=1S/C27H31F3N6O2/c1-27(2,3)22-15-23(34(4)33-22)32-26(38)31-21-9-8-17(14-20(21)30)16-35-10-12-36(13-11-35)25(37)24-18(28)6-5-7-19(24)29/h5-9,14-15H,10-13,16H2,1-4H3,(H2,31,32,38). The van der Waals surface area contributed by atoms with Crippen molar-refractivity contribution in [1.82, 2.24) is 19.6 Å². The van der Waals surface area contributed by atoms with E-state index >= 15 is 0 Å². The molecule has 0 unspecified atom stereocenters. The van der Waals surface area contributed by atoms with E-state index < -0.39 is 35.0 Å². The average Bonchev–Trinajstić information content (AvgIpc) is 3.21. The molecule has 0 atom stereocenters. The first-order valence-electron chi connectivity index (χ1n) is 12.3. The summed E-state index contributed by atoms with van der Waals surface area (Å²) in [7, 11) is 1.72. The van der Waals surface area contributed by atoms with E-state index in [1.54, 1.807) is 23.9 Å². The second kappa shape index (κ2) is 10.9. The molecule has 0 spiro atoms. The van der Waals surface area contributed by atoms with Crippen LogP contribution in [0.5, 0.6) is 0 Å². The number of anilines is 2. The van der Waals surface area contributed by atoms with Gasteiger partial charge in [0.2, 0.25) is 0 Å². The van der Waals surface area contributed by atoms with Gasteiger partial charge in [0.1, 0.15) is 28.8 Å². The molecule has 1 aliphatic heterocycles. The number of halogens is 3. The first kappa shape index (κ1) is 27.2. The predicted molar refractivity (Wildman–Crippen MR) is 138 cm³/mol. The Morgan fingerprint density at radius 2 is 1.58 bits per heavy atom. The number of aromatic nitrogens is 2. The Morgan fingerprint density at radius 1 is 0.921 bits per heavy atom. The monoisotopic (exact) mass is 528 g/mol. The first-order chi connectivity index (χ1) is 17.9. The van der Waals surface area contributed by atoms with Gasteiger partial charge in [-0.1, -0.05) is 32.9 Å². The van der Waals surface area contributed by atoms with Crippen molar-refractivity contribution >= 4 is 23.4 Å². The van der Waals surface area contributed by atoms with Crippen molar-refractivity contribution in [3.05, 3.63) is 76.7 Å². The van der Waals surface area contributed by atoms with Crippen LogP contribution in [-0.4, -0.2) is 57.7 Å². The molecule has 0 aliphatic carbocycles. The van der Waals surface area contributed by atoms with Gasteiger partial charge in [-0.3, -0.25) is 19.7 Å². The fourth-order valence-corrected chi connectivity index (χ4v) is 4.21. The van der Waals surface area contributed by atoms with Gasteiger partial charge in [0, 0.05) is 51.3 Å². The summed E-state index contributed by atoms with van der Waals surface area (Å²) < 4.78 is 44.3. The van der Waals surface area contributed by atoms with E-state index in [1.165, 1.54) is 23.1 Å². The smallest absolute Gasteiger partial charge is 0.324 e. The molecule has 3 aromatic rings. The summed E-state index contributed by atoms with van der Waals surface area (Å²) in [5.41, 5.74) is 0.806. The number of carbonyl (C=O) groups is 2. The lowest BCUT2D eigenvalue weighted by atomic mass is 9.92. The largest absolute Gasteiger partial charge is 0.336 e. The molecule has 202 valence electrons. The minimum Gasteiger partial charge on any atom is -0.336 e. The fourth-order valence-electron chi connectivity index (χ4n) is 4.21. The molecule has 11 heteroatoms. The van der Waals surface area contributed by atoms with Gasteiger partial charge in [-0.2, -0.15) is 5.10 Å². The van der Waals surface area contributed by atoms with Gasteiger partial charge in [0.25, 0.3) is 5.91 Å². The number of hydrogen-bond donors (Lipinski definition) is 2. The molecule has 1 saturated heterocycles. The highest BCUT2D eigenvalue weighted by Crippen LogP contribution is 2.24. The molecule has 1 aromatic heterocycles. The first-order valence-corrected chi connectivity index (χ1v) is 12.3. The van der Waals surface area contributed by atoms with Gasteiger partial charge in [-0.15, -0.1) is 0 Å². The second-order valence-corrected chi connectivity index (χ2v) is 10.3. The van der Waals surface area contributed by atoms with Crippen molar-refractivity contribution in [1.29, 1.82) is 0 Å². The zero-order valence-corrected chi connectivity index (χ0v) is 21.8. The van der Waals surface area contributed by atoms with E-state index in [1.807, 2.05) is 25.7 Å². The minimum absolute atomic E-state index is 0.0341. The van der Waals surface area contributed by atoms with Gasteiger partial charge in [0.15, 0.2) is 0 Å². The molecule has 4 rings (SSSR count). The van der Waals surface area contributed by atoms with E-state index in [4.69, 9.17) is 0 Å². The summed E-state index contributed by atoms with van der Waals surface area (Å²) in [6.07, 6.45) is 0. The lowest BCUT2D eigenvalue weighted by Gasteiger charge is -2.35. The van der Waals surface area contributed by atoms with E-state index in [9.17, 15) is 22.8 Å². The van der Waals surface area contributed by atoms with Crippen molar-refractivity contribution in [3.8, 4) is 0 Å². The Labute approximate surface area is 219 Å². The number of rotatable bonds is 5. The number of amides is 3. The topological polar surface area (TPSA) is 82.5 Å². The Balaban J connectivity index is 1.31. The van der Waals surface area contributed by atoms with Gasteiger partial charge >= 0.3 is 6.03 Å². The molecule has 2 heterocycles. The summed E-state index contributed by atoms with van der Waals surface area (Å²) in [5, 5.41) is 9.61. The van der Waals surface area contributed by atoms with Crippen LogP contribution in [0.15, 0.2) is 42.5 Å². The zero-order valence-electron chi connectivity index (χ0n) is 21.8. The third-order valence-electron chi connectivity index (χ3n) is 6.41. The molecule has 3 amide bonds. The van der Waals surface area contributed by atoms with Gasteiger partial charge in [-0.05, 0) is 29.8 Å². The van der Waals surface area contributed by atoms with E-state index in [0.29, 0.717) is 44.1 Å². The highest BCUT2D eigenvalue weighted by molar-refractivity contribution is 5.99. The van der Waals surface area contributed by atoms with E-state index in [0.717, 1.165) is 17.8 Å². The number of aryl methyl sites for hydroxylation is 1. The summed E-state index contributed by atoms with van der Waals surface area (Å²) in [6.45, 7) is 7.98. The highest BCUT2D eigenvalue weighted by Gasteiger charge is 2.26. The third-order valence-corrected chi connectivity index (χ3v) is 6.41. The normalized spacial score (nSPS) is 14.4. The van der Waals surface area contributed by atoms with E-state index in [2.05, 4.69) is 15.7 Å². The molecule has 1 aliphatic rings. The Bertz CT molecular complexity index is 1320. The number of benzene rings is 2. The number of carbonyl (C=O) groups excluding carboxylic acids is 2. The van der Waals surface area contributed by atoms with Crippen LogP contribution in [0.3, 0.4) is 0 Å². The Morgan fingerprint density at radius 3 is 2.16 bits per heavy atom. The number of nitrogens with zero attached hydrogens (tertiary/aromatic N) is 4. The van der Waals surface area contributed by atoms with Gasteiger partial charge in [-0.25, -0.2) is 18.0 Å². The molecule has 8 nitrogen and oxygen atoms in total. The van der Waals surface area contributed by atoms with Crippen molar-refractivity contribution < 1.29 is 22.8 Å². The number of urea groups is 1. The highest BCUT2D eigenvalue weighted by atomic mass is 19.1. The van der Waals surface area contributed by atoms with Crippen LogP contribution in [0.1, 0.15) is 42.4 Å². The quantitative estimate of drug-likeness (QED) is 0.502. The second-order valence-electron chi connectivity index (χ2n) is 10.3. The maximum atomic E-state index is 14.8. The summed E-state index contributed by atoms with van der Waals surface area (Å²) in [5.74, 6) is -2.54. The molecular formula is C27H31F3N6O2. The van der Waals surface area contributed by atoms with Gasteiger partial charge in [0.05, 0.1) is 11.4 Å². The SMILES string of the molecule is Cn1nc(C(C)(C)C)cc1NC(=O)Nc1ccc(CN2CCN(C(=O)c3c(F)cccc3F)CC2)cc1F. The molecule has 38 heavy (non-hydrogen) atoms. The van der Waals surface area contributed by atoms with Crippen LogP contribution in [-0.2, 0) is 19.0 Å². The van der Waals surface area contributed by atoms with E-state index in [-0.39, 0.29) is 11.1 Å². The average molecular weight is 529 g/mol. The van der Waals surface area contributed by atoms with Crippen LogP contribution in [0.4, 0.5) is 29.5 Å². The van der Waals surface area contributed by atoms with Crippen molar-refractivity contribution in [2.24, 2.45) is 7.05 Å². The molecule has 2 aromatic carbocycles. The lowest BCUT2D eigenvalue weighted by molar-refractivity contribution is 0.0619. The van der Waals surface area contributed by atoms with Crippen LogP contribution in [0.2, 0.25) is 0 Å². The van der Waals surface area contributed by atoms with Gasteiger partial charge < -0.3 is 10.2 Å². The Kier molecular flexibility index (Phi) is 7.77. The predicted octanol–water partition coefficient (Wildman–Crippen LogP) is 4.74. The third kappa shape index (κ3) is 6.16. The number of nitrogens with one attached hydrogen (secondary N) is 2. The minimum atomic E-state index is -0.884. The molecule has 0 bridgehead atoms. The Hall–Kier alpha value is -3.86. The summed E-state index contributed by atoms with van der Waals surface area (Å²) in [4.78, 5) is 28.5. The van der Waals surface area contributed by atoms with Crippen LogP contribution >= 0.6 is 0 Å². The van der Waals surface area contributed by atoms with Crippen LogP contribution in [0.25, 0.3) is 0 Å². The fraction of sp³-hybridized carbons (Fsp3) is 0.370. The van der Waals surface area contributed by atoms with Crippen LogP contribution < -0.4 is 10.6 Å². The maximum Gasteiger partial charge on any atom is 0.324 e. The summed E-state index contributed by atoms with van der Waals surface area (Å²) >= 11 is 0. The van der Waals surface area contributed by atoms with Crippen molar-refractivity contribution in [2.45, 2.75) is 32.7 Å². The molecule has 2 N–H and O–H groups in total. The lowest BCUT2D eigenvalue weighted by Crippen LogP contribution is -2.48. The molecule has 0 saturated carbocycles. The zero-order chi connectivity index (χ0) is 27.6. The van der Waals surface area contributed by atoms with Crippen molar-refractivity contribution in [3.63, 3.8) is 0 Å². The van der Waals surface area contributed by atoms with Crippen LogP contribution in [0, 0.1) is 17.5 Å². The van der Waals surface area contributed by atoms with Crippen molar-refractivity contribution in [2.75, 3.05) is 36.8 Å². The number of piperazine rings is 1. The maximum absolute atomic E-state index is 14.8.